The molecule has 0 unspecified atom stereocenters. The molecule has 0 bridgehead atoms. The minimum absolute atomic E-state index is 0.0164. The monoisotopic (exact) mass is 1300 g/mol. The van der Waals surface area contributed by atoms with Crippen molar-refractivity contribution in [3.05, 3.63) is 69.7 Å². The fraction of sp³-hybridized carbons (Fsp3) is 0.646. The highest BCUT2D eigenvalue weighted by Gasteiger charge is 2.41. The van der Waals surface area contributed by atoms with Crippen LogP contribution in [0.4, 0.5) is 13.2 Å². The van der Waals surface area contributed by atoms with E-state index in [2.05, 4.69) is 16.0 Å². The first kappa shape index (κ1) is 76.1. The second-order valence-corrected chi connectivity index (χ2v) is 25.8. The predicted octanol–water partition coefficient (Wildman–Crippen LogP) is 4.94. The number of carbonyl (C=O) groups is 11. The van der Waals surface area contributed by atoms with E-state index in [1.54, 1.807) is 52.9 Å². The fourth-order valence-electron chi connectivity index (χ4n) is 11.4. The van der Waals surface area contributed by atoms with E-state index < -0.39 is 144 Å². The minimum atomic E-state index is -4.74. The Balaban J connectivity index is 1.73. The summed E-state index contributed by atoms with van der Waals surface area (Å²) < 4.78 is 41.0. The zero-order chi connectivity index (χ0) is 68.5. The van der Waals surface area contributed by atoms with E-state index >= 15 is 0 Å². The molecule has 26 heteroatoms. The van der Waals surface area contributed by atoms with Gasteiger partial charge in [-0.05, 0) is 105 Å². The first-order chi connectivity index (χ1) is 42.5. The van der Waals surface area contributed by atoms with Gasteiger partial charge in [-0.1, -0.05) is 89.9 Å². The van der Waals surface area contributed by atoms with Gasteiger partial charge in [0, 0.05) is 87.7 Å². The highest BCUT2D eigenvalue weighted by molar-refractivity contribution is 6.31. The molecule has 0 spiro atoms. The number of nitrogens with zero attached hydrogens (tertiary/aromatic N) is 8. The predicted molar refractivity (Wildman–Crippen MR) is 338 cm³/mol. The molecule has 3 N–H and O–H groups in total. The number of alkyl halides is 3. The van der Waals surface area contributed by atoms with Crippen LogP contribution in [0.1, 0.15) is 129 Å². The summed E-state index contributed by atoms with van der Waals surface area (Å²) in [5.41, 5.74) is 0.741. The second kappa shape index (κ2) is 34.4. The van der Waals surface area contributed by atoms with Gasteiger partial charge in [-0.15, -0.1) is 0 Å². The number of fused-ring (bicyclic) bond motifs is 1. The highest BCUT2D eigenvalue weighted by Crippen LogP contribution is 2.35. The Morgan fingerprint density at radius 3 is 1.89 bits per heavy atom. The SMILES string of the molecule is CC[C@H](C)[C@@H]1NC(=O)[C@H](CC(C)C)N(C)C(=O)C[C@@H](C)N(C)C(=O)[C@H](C(C)C)N(C)C(=O)CCCCNC(=O)[C@@H]2CCCN2C(=O)[C@H](CCc2ccc(C(F)(F)F)c(Cl)c2)NC(=O)CN(C)C(=O)[C@H](Cc2ccccc2C)N(C)C(=O)CN(C)C(=O)CN(C)C1=O. The van der Waals surface area contributed by atoms with Crippen molar-refractivity contribution in [1.29, 1.82) is 0 Å². The maximum atomic E-state index is 14.7. The summed E-state index contributed by atoms with van der Waals surface area (Å²) in [5, 5.41) is 7.89. The minimum Gasteiger partial charge on any atom is -0.354 e. The van der Waals surface area contributed by atoms with Crippen LogP contribution in [-0.4, -0.2) is 229 Å². The Morgan fingerprint density at radius 2 is 1.29 bits per heavy atom. The molecule has 91 heavy (non-hydrogen) atoms. The molecule has 22 nitrogen and oxygen atoms in total. The summed E-state index contributed by atoms with van der Waals surface area (Å²) in [7, 11) is 10.0. The number of halogens is 4. The number of benzene rings is 2. The molecule has 4 rings (SSSR count). The van der Waals surface area contributed by atoms with Crippen molar-refractivity contribution in [1.82, 2.24) is 55.1 Å². The average molecular weight is 1300 g/mol. The van der Waals surface area contributed by atoms with Crippen LogP contribution < -0.4 is 16.0 Å². The van der Waals surface area contributed by atoms with Gasteiger partial charge >= 0.3 is 6.18 Å². The normalized spacial score (nSPS) is 24.1. The molecule has 2 aromatic carbocycles. The summed E-state index contributed by atoms with van der Waals surface area (Å²) in [6.45, 7) is 13.0. The van der Waals surface area contributed by atoms with Crippen LogP contribution in [-0.2, 0) is 71.8 Å². The molecule has 2 saturated heterocycles. The van der Waals surface area contributed by atoms with E-state index in [1.165, 1.54) is 72.9 Å². The molecule has 2 fully saturated rings. The maximum absolute atomic E-state index is 14.7. The van der Waals surface area contributed by atoms with Gasteiger partial charge < -0.3 is 55.1 Å². The number of hydrogen-bond acceptors (Lipinski definition) is 11. The van der Waals surface area contributed by atoms with Gasteiger partial charge in [0.1, 0.15) is 36.3 Å². The molecular weight excluding hydrogens is 1200 g/mol. The lowest BCUT2D eigenvalue weighted by Gasteiger charge is -2.37. The molecular formula is C65H97ClF3N11O11. The van der Waals surface area contributed by atoms with Crippen LogP contribution >= 0.6 is 11.6 Å². The van der Waals surface area contributed by atoms with Crippen molar-refractivity contribution >= 4 is 76.6 Å². The van der Waals surface area contributed by atoms with Crippen LogP contribution in [0, 0.1) is 24.7 Å². The van der Waals surface area contributed by atoms with Gasteiger partial charge in [0.15, 0.2) is 0 Å². The van der Waals surface area contributed by atoms with Crippen LogP contribution in [0.3, 0.4) is 0 Å². The van der Waals surface area contributed by atoms with Crippen molar-refractivity contribution in [2.75, 3.05) is 82.1 Å². The van der Waals surface area contributed by atoms with Gasteiger partial charge in [0.05, 0.1) is 30.2 Å². The van der Waals surface area contributed by atoms with Crippen molar-refractivity contribution in [3.8, 4) is 0 Å². The van der Waals surface area contributed by atoms with Gasteiger partial charge in [-0.25, -0.2) is 0 Å². The smallest absolute Gasteiger partial charge is 0.354 e. The molecule has 2 aliphatic rings. The van der Waals surface area contributed by atoms with Gasteiger partial charge in [0.25, 0.3) is 0 Å². The standard InChI is InChI=1S/C65H97ClF3N11O11/c1-16-41(6)57-63(90)75(11)37-55(84)73(9)38-56(85)78(14)51(35-45-23-18-17-22-42(45)7)62(89)74(10)36-52(81)71-48(29-27-44-26-28-46(47(66)34-44)65(67,68)69)61(88)80-31-21-24-49(80)59(86)70-30-20-19-25-53(82)79(15)58(40(4)5)64(91)76(12)43(8)33-54(83)77(13)50(32-39(2)3)60(87)72-57/h17-18,22-23,26,28,34,39-41,43,48-51,57-58H,16,19-21,24-25,27,29-33,35-38H2,1-15H3,(H,70,86)(H,71,81)(H,72,87)/t41-,43+,48-,49-,50-,51-,57-,58-/m0/s1. The van der Waals surface area contributed by atoms with Crippen molar-refractivity contribution in [3.63, 3.8) is 0 Å². The van der Waals surface area contributed by atoms with Crippen LogP contribution in [0.15, 0.2) is 42.5 Å². The summed E-state index contributed by atoms with van der Waals surface area (Å²) in [5.74, 6) is -7.30. The summed E-state index contributed by atoms with van der Waals surface area (Å²) in [6.07, 6.45) is -3.16. The molecule has 0 radical (unpaired) electrons. The van der Waals surface area contributed by atoms with E-state index in [9.17, 15) is 65.9 Å². The second-order valence-electron chi connectivity index (χ2n) is 25.4. The number of aryl methyl sites for hydroxylation is 2. The Bertz CT molecular complexity index is 2930. The Labute approximate surface area is 539 Å². The third-order valence-corrected chi connectivity index (χ3v) is 17.9. The lowest BCUT2D eigenvalue weighted by atomic mass is 9.95. The summed E-state index contributed by atoms with van der Waals surface area (Å²) >= 11 is 6.07. The Morgan fingerprint density at radius 1 is 0.659 bits per heavy atom. The molecule has 11 amide bonds. The van der Waals surface area contributed by atoms with Crippen LogP contribution in [0.5, 0.6) is 0 Å². The molecule has 0 aromatic heterocycles. The summed E-state index contributed by atoms with van der Waals surface area (Å²) in [4.78, 5) is 167. The number of rotatable bonds is 10. The zero-order valence-corrected chi connectivity index (χ0v) is 56.5. The summed E-state index contributed by atoms with van der Waals surface area (Å²) in [6, 6.07) is 2.93. The van der Waals surface area contributed by atoms with E-state index in [0.29, 0.717) is 36.8 Å². The molecule has 0 saturated carbocycles. The van der Waals surface area contributed by atoms with Crippen molar-refractivity contribution in [2.24, 2.45) is 17.8 Å². The largest absolute Gasteiger partial charge is 0.417 e. The first-order valence-electron chi connectivity index (χ1n) is 31.4. The molecule has 0 aliphatic carbocycles. The van der Waals surface area contributed by atoms with E-state index in [-0.39, 0.29) is 75.8 Å². The molecule has 2 heterocycles. The third-order valence-electron chi connectivity index (χ3n) is 17.6. The molecule has 2 aromatic rings. The molecule has 506 valence electrons. The van der Waals surface area contributed by atoms with E-state index in [1.807, 2.05) is 33.8 Å². The first-order valence-corrected chi connectivity index (χ1v) is 31.8. The van der Waals surface area contributed by atoms with Gasteiger partial charge in [0.2, 0.25) is 65.0 Å². The highest BCUT2D eigenvalue weighted by atomic mass is 35.5. The maximum Gasteiger partial charge on any atom is 0.417 e. The van der Waals surface area contributed by atoms with Crippen LogP contribution in [0.25, 0.3) is 0 Å². The number of amides is 11. The van der Waals surface area contributed by atoms with Crippen molar-refractivity contribution in [2.45, 2.75) is 174 Å². The van der Waals surface area contributed by atoms with Gasteiger partial charge in [-0.3, -0.25) is 52.7 Å². The topological polar surface area (TPSA) is 250 Å². The van der Waals surface area contributed by atoms with Crippen LogP contribution in [0.2, 0.25) is 5.02 Å². The third kappa shape index (κ3) is 21.1. The molecule has 8 atom stereocenters. The lowest BCUT2D eigenvalue weighted by molar-refractivity contribution is -0.148. The van der Waals surface area contributed by atoms with E-state index in [0.717, 1.165) is 32.4 Å². The number of carbonyl (C=O) groups excluding carboxylic acids is 11. The quantitative estimate of drug-likeness (QED) is 0.287. The average Bonchev–Trinajstić information content (AvgIpc) is 2.14. The lowest BCUT2D eigenvalue weighted by Crippen LogP contribution is -2.58. The Kier molecular flexibility index (Phi) is 28.8. The number of likely N-dealkylation sites (N-methyl/N-ethyl adjacent to an activating group) is 7. The zero-order valence-electron chi connectivity index (χ0n) is 55.7. The molecule has 2 aliphatic heterocycles. The number of hydrogen-bond donors (Lipinski definition) is 3. The van der Waals surface area contributed by atoms with Gasteiger partial charge in [-0.2, -0.15) is 13.2 Å². The number of nitrogens with one attached hydrogen (secondary N) is 3. The Hall–Kier alpha value is -7.31. The van der Waals surface area contributed by atoms with Crippen molar-refractivity contribution < 1.29 is 65.9 Å². The van der Waals surface area contributed by atoms with E-state index in [4.69, 9.17) is 11.6 Å². The fourth-order valence-corrected chi connectivity index (χ4v) is 11.7.